The van der Waals surface area contributed by atoms with Gasteiger partial charge in [-0.05, 0) is 11.1 Å². The Labute approximate surface area is 182 Å². The van der Waals surface area contributed by atoms with E-state index in [1.54, 1.807) is 30.3 Å². The molecule has 0 saturated carbocycles. The lowest BCUT2D eigenvalue weighted by Crippen LogP contribution is -2.31. The summed E-state index contributed by atoms with van der Waals surface area (Å²) in [5.41, 5.74) is 2.32. The Hall–Kier alpha value is -2.86. The molecule has 162 valence electrons. The van der Waals surface area contributed by atoms with E-state index >= 15 is 0 Å². The van der Waals surface area contributed by atoms with Crippen LogP contribution in [0.5, 0.6) is 0 Å². The van der Waals surface area contributed by atoms with Crippen molar-refractivity contribution >= 4 is 5.78 Å². The lowest BCUT2D eigenvalue weighted by molar-refractivity contribution is -0.172. The molecule has 4 nitrogen and oxygen atoms in total. The van der Waals surface area contributed by atoms with Gasteiger partial charge >= 0.3 is 0 Å². The summed E-state index contributed by atoms with van der Waals surface area (Å²) in [6.45, 7) is 0.512. The first-order valence-corrected chi connectivity index (χ1v) is 10.3. The summed E-state index contributed by atoms with van der Waals surface area (Å²) in [4.78, 5) is 12.3. The average molecular weight is 422 g/mol. The van der Waals surface area contributed by atoms with E-state index in [-0.39, 0.29) is 31.8 Å². The molecule has 3 rings (SSSR count). The predicted octanol–water partition coefficient (Wildman–Crippen LogP) is 5.11. The van der Waals surface area contributed by atoms with Gasteiger partial charge in [0.15, 0.2) is 12.1 Å². The zero-order valence-electron chi connectivity index (χ0n) is 17.3. The van der Waals surface area contributed by atoms with Gasteiger partial charge in [-0.15, -0.1) is 0 Å². The predicted molar refractivity (Wildman–Crippen MR) is 117 cm³/mol. The lowest BCUT2D eigenvalue weighted by atomic mass is 10.0. The van der Waals surface area contributed by atoms with Crippen LogP contribution in [0, 0.1) is 0 Å². The molecule has 0 spiro atoms. The molecular weight excluding hydrogens is 395 g/mol. The summed E-state index contributed by atoms with van der Waals surface area (Å²) in [6, 6.07) is 27.6. The van der Waals surface area contributed by atoms with Crippen LogP contribution in [0.3, 0.4) is 0 Å². The van der Waals surface area contributed by atoms with Gasteiger partial charge in [0.1, 0.15) is 6.17 Å². The molecule has 0 aliphatic heterocycles. The highest BCUT2D eigenvalue weighted by molar-refractivity contribution is 5.96. The van der Waals surface area contributed by atoms with Crippen LogP contribution in [0.15, 0.2) is 91.0 Å². The van der Waals surface area contributed by atoms with Crippen LogP contribution >= 0.6 is 0 Å². The number of aliphatic hydroxyl groups excluding tert-OH is 1. The van der Waals surface area contributed by atoms with Crippen LogP contribution in [0.1, 0.15) is 34.3 Å². The molecule has 0 aliphatic carbocycles. The van der Waals surface area contributed by atoms with Gasteiger partial charge < -0.3 is 14.6 Å². The molecule has 0 bridgehead atoms. The zero-order valence-corrected chi connectivity index (χ0v) is 17.3. The van der Waals surface area contributed by atoms with Gasteiger partial charge in [0.25, 0.3) is 0 Å². The SMILES string of the molecule is O=C(C[C@@H](O)[C@@H](F)CC(OCc1ccccc1)OCc1ccccc1)c1ccccc1. The van der Waals surface area contributed by atoms with Crippen LogP contribution in [0.2, 0.25) is 0 Å². The third-order valence-electron chi connectivity index (χ3n) is 4.88. The van der Waals surface area contributed by atoms with Gasteiger partial charge in [0.05, 0.1) is 19.3 Å². The molecule has 5 heteroatoms. The molecule has 0 aromatic heterocycles. The minimum Gasteiger partial charge on any atom is -0.390 e. The molecule has 0 fully saturated rings. The summed E-state index contributed by atoms with van der Waals surface area (Å²) < 4.78 is 26.4. The summed E-state index contributed by atoms with van der Waals surface area (Å²) in [6.07, 6.45) is -4.44. The van der Waals surface area contributed by atoms with Crippen molar-refractivity contribution in [1.82, 2.24) is 0 Å². The quantitative estimate of drug-likeness (QED) is 0.326. The first-order valence-electron chi connectivity index (χ1n) is 10.3. The maximum atomic E-state index is 14.8. The van der Waals surface area contributed by atoms with Gasteiger partial charge in [-0.2, -0.15) is 0 Å². The van der Waals surface area contributed by atoms with Crippen molar-refractivity contribution in [2.45, 2.75) is 44.6 Å². The topological polar surface area (TPSA) is 55.8 Å². The number of ketones is 1. The first kappa shape index (κ1) is 22.8. The van der Waals surface area contributed by atoms with Gasteiger partial charge in [0, 0.05) is 18.4 Å². The number of hydrogen-bond acceptors (Lipinski definition) is 4. The standard InChI is InChI=1S/C26H27FO4/c27-23(25(29)17-24(28)22-14-8-3-9-15-22)16-26(30-18-20-10-4-1-5-11-20)31-19-21-12-6-2-7-13-21/h1-15,23,25-26,29H,16-19H2/t23-,25+/m0/s1. The molecule has 1 N–H and O–H groups in total. The third-order valence-corrected chi connectivity index (χ3v) is 4.88. The molecular formula is C26H27FO4. The molecule has 2 atom stereocenters. The largest absolute Gasteiger partial charge is 0.390 e. The van der Waals surface area contributed by atoms with E-state index in [2.05, 4.69) is 0 Å². The second-order valence-corrected chi connectivity index (χ2v) is 7.34. The van der Waals surface area contributed by atoms with Gasteiger partial charge in [-0.1, -0.05) is 91.0 Å². The molecule has 0 radical (unpaired) electrons. The molecule has 3 aromatic carbocycles. The Balaban J connectivity index is 1.57. The van der Waals surface area contributed by atoms with Crippen LogP contribution in [0.4, 0.5) is 4.39 Å². The van der Waals surface area contributed by atoms with E-state index in [0.29, 0.717) is 5.56 Å². The van der Waals surface area contributed by atoms with Gasteiger partial charge in [-0.25, -0.2) is 4.39 Å². The maximum Gasteiger partial charge on any atom is 0.165 e. The van der Waals surface area contributed by atoms with Crippen molar-refractivity contribution in [2.24, 2.45) is 0 Å². The zero-order chi connectivity index (χ0) is 21.9. The Bertz CT molecular complexity index is 859. The van der Waals surface area contributed by atoms with Crippen molar-refractivity contribution in [3.63, 3.8) is 0 Å². The van der Waals surface area contributed by atoms with E-state index in [0.717, 1.165) is 11.1 Å². The Morgan fingerprint density at radius 3 is 1.71 bits per heavy atom. The third kappa shape index (κ3) is 7.72. The fourth-order valence-corrected chi connectivity index (χ4v) is 3.11. The number of carbonyl (C=O) groups excluding carboxylic acids is 1. The van der Waals surface area contributed by atoms with Crippen molar-refractivity contribution in [3.05, 3.63) is 108 Å². The number of rotatable bonds is 12. The number of Topliss-reactive ketones (excluding diaryl/α,β-unsaturated/α-hetero) is 1. The number of carbonyl (C=O) groups is 1. The van der Waals surface area contributed by atoms with Crippen LogP contribution in [-0.2, 0) is 22.7 Å². The number of hydrogen-bond donors (Lipinski definition) is 1. The first-order chi connectivity index (χ1) is 15.1. The molecule has 3 aromatic rings. The molecule has 0 saturated heterocycles. The van der Waals surface area contributed by atoms with Crippen LogP contribution in [-0.4, -0.2) is 29.5 Å². The van der Waals surface area contributed by atoms with Crippen molar-refractivity contribution in [2.75, 3.05) is 0 Å². The molecule has 0 amide bonds. The Morgan fingerprint density at radius 2 is 1.23 bits per heavy atom. The second-order valence-electron chi connectivity index (χ2n) is 7.34. The molecule has 0 unspecified atom stereocenters. The normalized spacial score (nSPS) is 13.1. The fourth-order valence-electron chi connectivity index (χ4n) is 3.11. The number of ether oxygens (including phenoxy) is 2. The summed E-state index contributed by atoms with van der Waals surface area (Å²) >= 11 is 0. The highest BCUT2D eigenvalue weighted by Crippen LogP contribution is 2.18. The average Bonchev–Trinajstić information content (AvgIpc) is 2.82. The fraction of sp³-hybridized carbons (Fsp3) is 0.269. The monoisotopic (exact) mass is 422 g/mol. The van der Waals surface area contributed by atoms with E-state index in [1.165, 1.54) is 0 Å². The van der Waals surface area contributed by atoms with E-state index in [9.17, 15) is 14.3 Å². The summed E-state index contributed by atoms with van der Waals surface area (Å²) in [7, 11) is 0. The second kappa shape index (κ2) is 12.1. The van der Waals surface area contributed by atoms with Gasteiger partial charge in [0.2, 0.25) is 0 Å². The van der Waals surface area contributed by atoms with Crippen molar-refractivity contribution in [1.29, 1.82) is 0 Å². The Morgan fingerprint density at radius 1 is 0.774 bits per heavy atom. The molecule has 31 heavy (non-hydrogen) atoms. The number of aliphatic hydroxyl groups is 1. The summed E-state index contributed by atoms with van der Waals surface area (Å²) in [5, 5.41) is 10.3. The molecule has 0 aliphatic rings. The minimum absolute atomic E-state index is 0.178. The highest BCUT2D eigenvalue weighted by atomic mass is 19.1. The smallest absolute Gasteiger partial charge is 0.165 e. The Kier molecular flexibility index (Phi) is 8.91. The molecule has 0 heterocycles. The lowest BCUT2D eigenvalue weighted by Gasteiger charge is -2.23. The number of halogens is 1. The van der Waals surface area contributed by atoms with Crippen molar-refractivity contribution in [3.8, 4) is 0 Å². The highest BCUT2D eigenvalue weighted by Gasteiger charge is 2.26. The number of benzene rings is 3. The maximum absolute atomic E-state index is 14.8. The number of alkyl halides is 1. The summed E-state index contributed by atoms with van der Waals surface area (Å²) in [5.74, 6) is -0.303. The minimum atomic E-state index is -1.66. The van der Waals surface area contributed by atoms with Crippen molar-refractivity contribution < 1.29 is 23.8 Å². The van der Waals surface area contributed by atoms with E-state index in [4.69, 9.17) is 9.47 Å². The van der Waals surface area contributed by atoms with E-state index in [1.807, 2.05) is 60.7 Å². The van der Waals surface area contributed by atoms with Crippen LogP contribution in [0.25, 0.3) is 0 Å². The van der Waals surface area contributed by atoms with Gasteiger partial charge in [-0.3, -0.25) is 4.79 Å². The van der Waals surface area contributed by atoms with Crippen LogP contribution < -0.4 is 0 Å². The van der Waals surface area contributed by atoms with E-state index < -0.39 is 18.6 Å².